The monoisotopic (exact) mass is 264 g/mol. The van der Waals surface area contributed by atoms with Gasteiger partial charge in [-0.15, -0.1) is 0 Å². The Morgan fingerprint density at radius 2 is 2.26 bits per heavy atom. The quantitative estimate of drug-likeness (QED) is 0.907. The van der Waals surface area contributed by atoms with Crippen molar-refractivity contribution in [3.8, 4) is 0 Å². The van der Waals surface area contributed by atoms with Gasteiger partial charge in [0.05, 0.1) is 5.92 Å². The summed E-state index contributed by atoms with van der Waals surface area (Å²) in [6, 6.07) is 6.38. The standard InChI is InChI=1S/C15H21FN2O/c1-2-18(10-11-5-3-6-12(16)9-11)15(19)13-7-4-8-14(13)17/h3,5-6,9,13-14H,2,4,7-8,10,17H2,1H3. The fraction of sp³-hybridized carbons (Fsp3) is 0.533. The normalized spacial score (nSPS) is 22.5. The minimum absolute atomic E-state index is 0.0194. The van der Waals surface area contributed by atoms with Crippen LogP contribution in [0.2, 0.25) is 0 Å². The minimum Gasteiger partial charge on any atom is -0.338 e. The van der Waals surface area contributed by atoms with Crippen LogP contribution in [0.4, 0.5) is 4.39 Å². The molecule has 1 amide bonds. The SMILES string of the molecule is CCN(Cc1cccc(F)c1)C(=O)C1CCCC1N. The van der Waals surface area contributed by atoms with Crippen LogP contribution in [-0.2, 0) is 11.3 Å². The Kier molecular flexibility index (Phi) is 4.53. The highest BCUT2D eigenvalue weighted by Gasteiger charge is 2.32. The maximum atomic E-state index is 13.2. The number of rotatable bonds is 4. The smallest absolute Gasteiger partial charge is 0.227 e. The third kappa shape index (κ3) is 3.32. The van der Waals surface area contributed by atoms with Crippen molar-refractivity contribution in [2.24, 2.45) is 11.7 Å². The molecule has 2 N–H and O–H groups in total. The molecule has 0 saturated heterocycles. The molecule has 1 aromatic carbocycles. The molecule has 1 saturated carbocycles. The van der Waals surface area contributed by atoms with Gasteiger partial charge in [-0.1, -0.05) is 18.6 Å². The fourth-order valence-electron chi connectivity index (χ4n) is 2.73. The van der Waals surface area contributed by atoms with Crippen molar-refractivity contribution in [2.45, 2.75) is 38.8 Å². The number of carbonyl (C=O) groups is 1. The Morgan fingerprint density at radius 3 is 2.84 bits per heavy atom. The van der Waals surface area contributed by atoms with Crippen molar-refractivity contribution in [2.75, 3.05) is 6.54 Å². The maximum Gasteiger partial charge on any atom is 0.227 e. The second-order valence-corrected chi connectivity index (χ2v) is 5.18. The molecule has 1 aliphatic rings. The van der Waals surface area contributed by atoms with E-state index in [-0.39, 0.29) is 23.7 Å². The lowest BCUT2D eigenvalue weighted by Gasteiger charge is -2.26. The van der Waals surface area contributed by atoms with E-state index in [2.05, 4.69) is 0 Å². The summed E-state index contributed by atoms with van der Waals surface area (Å²) in [6.07, 6.45) is 2.82. The van der Waals surface area contributed by atoms with E-state index in [4.69, 9.17) is 5.73 Å². The van der Waals surface area contributed by atoms with Gasteiger partial charge in [0.2, 0.25) is 5.91 Å². The lowest BCUT2D eigenvalue weighted by molar-refractivity contribution is -0.136. The summed E-state index contributed by atoms with van der Waals surface area (Å²) in [5.41, 5.74) is 6.80. The highest BCUT2D eigenvalue weighted by Crippen LogP contribution is 2.26. The predicted molar refractivity (Wildman–Crippen MR) is 72.8 cm³/mol. The zero-order valence-electron chi connectivity index (χ0n) is 11.3. The Morgan fingerprint density at radius 1 is 1.47 bits per heavy atom. The molecule has 1 aliphatic carbocycles. The molecule has 0 radical (unpaired) electrons. The Bertz CT molecular complexity index is 450. The first-order valence-electron chi connectivity index (χ1n) is 6.90. The van der Waals surface area contributed by atoms with Crippen LogP contribution in [0.5, 0.6) is 0 Å². The highest BCUT2D eigenvalue weighted by molar-refractivity contribution is 5.79. The first-order chi connectivity index (χ1) is 9.11. The highest BCUT2D eigenvalue weighted by atomic mass is 19.1. The van der Waals surface area contributed by atoms with Crippen LogP contribution in [0, 0.1) is 11.7 Å². The van der Waals surface area contributed by atoms with Crippen molar-refractivity contribution in [3.05, 3.63) is 35.6 Å². The van der Waals surface area contributed by atoms with Gasteiger partial charge >= 0.3 is 0 Å². The van der Waals surface area contributed by atoms with E-state index in [9.17, 15) is 9.18 Å². The lowest BCUT2D eigenvalue weighted by atomic mass is 10.0. The van der Waals surface area contributed by atoms with Crippen LogP contribution < -0.4 is 5.73 Å². The molecule has 0 aliphatic heterocycles. The van der Waals surface area contributed by atoms with Gasteiger partial charge < -0.3 is 10.6 Å². The van der Waals surface area contributed by atoms with E-state index in [0.29, 0.717) is 13.1 Å². The van der Waals surface area contributed by atoms with Crippen molar-refractivity contribution in [1.29, 1.82) is 0 Å². The summed E-state index contributed by atoms with van der Waals surface area (Å²) < 4.78 is 13.2. The molecule has 2 rings (SSSR count). The third-order valence-electron chi connectivity index (χ3n) is 3.84. The average Bonchev–Trinajstić information content (AvgIpc) is 2.81. The van der Waals surface area contributed by atoms with Crippen LogP contribution in [0.1, 0.15) is 31.7 Å². The molecular weight excluding hydrogens is 243 g/mol. The Labute approximate surface area is 113 Å². The molecule has 2 unspecified atom stereocenters. The second-order valence-electron chi connectivity index (χ2n) is 5.18. The van der Waals surface area contributed by atoms with Gasteiger partial charge in [0.25, 0.3) is 0 Å². The number of nitrogens with zero attached hydrogens (tertiary/aromatic N) is 1. The number of hydrogen-bond donors (Lipinski definition) is 1. The van der Waals surface area contributed by atoms with E-state index in [1.54, 1.807) is 11.0 Å². The van der Waals surface area contributed by atoms with E-state index in [1.165, 1.54) is 12.1 Å². The zero-order chi connectivity index (χ0) is 13.8. The number of amides is 1. The van der Waals surface area contributed by atoms with Crippen LogP contribution in [0.15, 0.2) is 24.3 Å². The van der Waals surface area contributed by atoms with Crippen LogP contribution in [0.3, 0.4) is 0 Å². The first-order valence-corrected chi connectivity index (χ1v) is 6.90. The maximum absolute atomic E-state index is 13.2. The van der Waals surface area contributed by atoms with E-state index >= 15 is 0 Å². The topological polar surface area (TPSA) is 46.3 Å². The molecule has 104 valence electrons. The van der Waals surface area contributed by atoms with Crippen LogP contribution >= 0.6 is 0 Å². The summed E-state index contributed by atoms with van der Waals surface area (Å²) in [5, 5.41) is 0. The van der Waals surface area contributed by atoms with Crippen LogP contribution in [0.25, 0.3) is 0 Å². The number of hydrogen-bond acceptors (Lipinski definition) is 2. The lowest BCUT2D eigenvalue weighted by Crippen LogP contribution is -2.41. The number of nitrogens with two attached hydrogens (primary N) is 1. The van der Waals surface area contributed by atoms with Crippen molar-refractivity contribution in [1.82, 2.24) is 4.90 Å². The number of benzene rings is 1. The van der Waals surface area contributed by atoms with Gasteiger partial charge in [0, 0.05) is 19.1 Å². The number of carbonyl (C=O) groups excluding carboxylic acids is 1. The first kappa shape index (κ1) is 14.0. The van der Waals surface area contributed by atoms with Gasteiger partial charge in [0.1, 0.15) is 5.82 Å². The minimum atomic E-state index is -0.265. The Balaban J connectivity index is 2.05. The summed E-state index contributed by atoms with van der Waals surface area (Å²) >= 11 is 0. The summed E-state index contributed by atoms with van der Waals surface area (Å²) in [6.45, 7) is 3.02. The summed E-state index contributed by atoms with van der Waals surface area (Å²) in [4.78, 5) is 14.2. The molecular formula is C15H21FN2O. The molecule has 1 fully saturated rings. The predicted octanol–water partition coefficient (Wildman–Crippen LogP) is 2.30. The zero-order valence-corrected chi connectivity index (χ0v) is 11.3. The van der Waals surface area contributed by atoms with Gasteiger partial charge in [0.15, 0.2) is 0 Å². The van der Waals surface area contributed by atoms with Crippen molar-refractivity contribution in [3.63, 3.8) is 0 Å². The molecule has 0 spiro atoms. The van der Waals surface area contributed by atoms with Crippen molar-refractivity contribution < 1.29 is 9.18 Å². The van der Waals surface area contributed by atoms with Gasteiger partial charge in [-0.3, -0.25) is 4.79 Å². The molecule has 0 aromatic heterocycles. The number of halogens is 1. The van der Waals surface area contributed by atoms with E-state index in [1.807, 2.05) is 13.0 Å². The molecule has 2 atom stereocenters. The second kappa shape index (κ2) is 6.15. The van der Waals surface area contributed by atoms with E-state index < -0.39 is 0 Å². The fourth-order valence-corrected chi connectivity index (χ4v) is 2.73. The van der Waals surface area contributed by atoms with Crippen molar-refractivity contribution >= 4 is 5.91 Å². The van der Waals surface area contributed by atoms with Gasteiger partial charge in [-0.25, -0.2) is 4.39 Å². The third-order valence-corrected chi connectivity index (χ3v) is 3.84. The van der Waals surface area contributed by atoms with E-state index in [0.717, 1.165) is 24.8 Å². The molecule has 19 heavy (non-hydrogen) atoms. The molecule has 0 bridgehead atoms. The molecule has 3 nitrogen and oxygen atoms in total. The molecule has 4 heteroatoms. The van der Waals surface area contributed by atoms with Gasteiger partial charge in [-0.05, 0) is 37.5 Å². The molecule has 1 aromatic rings. The largest absolute Gasteiger partial charge is 0.338 e. The summed E-state index contributed by atoms with van der Waals surface area (Å²) in [5.74, 6) is -0.219. The van der Waals surface area contributed by atoms with Crippen LogP contribution in [-0.4, -0.2) is 23.4 Å². The molecule has 0 heterocycles. The average molecular weight is 264 g/mol. The Hall–Kier alpha value is -1.42. The van der Waals surface area contributed by atoms with Gasteiger partial charge in [-0.2, -0.15) is 0 Å². The summed E-state index contributed by atoms with van der Waals surface area (Å²) in [7, 11) is 0.